The summed E-state index contributed by atoms with van der Waals surface area (Å²) in [7, 11) is 1.71. The highest BCUT2D eigenvalue weighted by atomic mass is 16.2. The molecule has 0 spiro atoms. The zero-order chi connectivity index (χ0) is 56.8. The molecule has 0 saturated carbocycles. The minimum absolute atomic E-state index is 0.00385. The van der Waals surface area contributed by atoms with Crippen LogP contribution in [0.4, 0.5) is 0 Å². The number of benzene rings is 4. The number of carbonyl (C=O) groups excluding carboxylic acids is 7. The van der Waals surface area contributed by atoms with E-state index in [4.69, 9.17) is 0 Å². The Morgan fingerprint density at radius 3 is 2.05 bits per heavy atom. The molecule has 4 N–H and O–H groups in total. The molecule has 1 saturated heterocycles. The number of Topliss-reactive ketones (excluding diaryl/α,β-unsaturated/α-hetero) is 1. The van der Waals surface area contributed by atoms with E-state index < -0.39 is 52.9 Å². The summed E-state index contributed by atoms with van der Waals surface area (Å²) >= 11 is 0. The van der Waals surface area contributed by atoms with E-state index in [0.29, 0.717) is 30.5 Å². The Morgan fingerprint density at radius 1 is 0.744 bits per heavy atom. The second kappa shape index (κ2) is 25.0. The summed E-state index contributed by atoms with van der Waals surface area (Å²) in [6.45, 7) is 22.2. The average Bonchev–Trinajstić information content (AvgIpc) is 3.88. The molecule has 7 rings (SSSR count). The van der Waals surface area contributed by atoms with Gasteiger partial charge in [-0.2, -0.15) is 0 Å². The third-order valence-electron chi connectivity index (χ3n) is 16.9. The topological polar surface area (TPSA) is 177 Å². The van der Waals surface area contributed by atoms with Crippen LogP contribution >= 0.6 is 0 Å². The Bertz CT molecular complexity index is 2850. The second-order valence-corrected chi connectivity index (χ2v) is 24.5. The van der Waals surface area contributed by atoms with Crippen LogP contribution in [0, 0.1) is 36.5 Å². The third kappa shape index (κ3) is 13.8. The average molecular weight is 1060 g/mol. The summed E-state index contributed by atoms with van der Waals surface area (Å²) in [4.78, 5) is 106. The first kappa shape index (κ1) is 59.0. The van der Waals surface area contributed by atoms with Crippen LogP contribution in [0.25, 0.3) is 0 Å². The molecular weight excluding hydrogens is 979 g/mol. The van der Waals surface area contributed by atoms with Gasteiger partial charge < -0.3 is 36.0 Å². The molecule has 3 aliphatic rings. The van der Waals surface area contributed by atoms with Crippen LogP contribution in [0.5, 0.6) is 0 Å². The zero-order valence-corrected chi connectivity index (χ0v) is 48.3. The minimum atomic E-state index is -0.895. The van der Waals surface area contributed by atoms with E-state index >= 15 is 4.79 Å². The van der Waals surface area contributed by atoms with Crippen molar-refractivity contribution >= 4 is 41.2 Å². The lowest BCUT2D eigenvalue weighted by molar-refractivity contribution is -0.146. The predicted molar refractivity (Wildman–Crippen MR) is 305 cm³/mol. The van der Waals surface area contributed by atoms with E-state index in [-0.39, 0.29) is 79.8 Å². The fourth-order valence-electron chi connectivity index (χ4n) is 11.3. The van der Waals surface area contributed by atoms with Crippen molar-refractivity contribution in [3.8, 4) is 0 Å². The normalized spacial score (nSPS) is 19.8. The summed E-state index contributed by atoms with van der Waals surface area (Å²) in [6, 6.07) is 25.3. The highest BCUT2D eigenvalue weighted by Gasteiger charge is 2.46. The number of likely N-dealkylation sites (tertiary alicyclic amines) is 1. The van der Waals surface area contributed by atoms with Gasteiger partial charge in [-0.05, 0) is 140 Å². The molecule has 0 aromatic heterocycles. The lowest BCUT2D eigenvalue weighted by atomic mass is 9.76. The smallest absolute Gasteiger partial charge is 0.254 e. The number of nitrogens with one attached hydrogen (secondary N) is 4. The summed E-state index contributed by atoms with van der Waals surface area (Å²) in [5.74, 6) is -2.77. The molecule has 0 unspecified atom stereocenters. The molecule has 6 amide bonds. The molecule has 1 aliphatic carbocycles. The second-order valence-electron chi connectivity index (χ2n) is 24.5. The molecule has 2 aliphatic heterocycles. The first-order valence-electron chi connectivity index (χ1n) is 28.2. The highest BCUT2D eigenvalue weighted by molar-refractivity contribution is 5.99. The van der Waals surface area contributed by atoms with Gasteiger partial charge >= 0.3 is 0 Å². The Kier molecular flexibility index (Phi) is 18.9. The number of rotatable bonds is 18. The zero-order valence-electron chi connectivity index (χ0n) is 48.3. The number of amides is 6. The third-order valence-corrected chi connectivity index (χ3v) is 16.9. The van der Waals surface area contributed by atoms with E-state index in [1.54, 1.807) is 48.0 Å². The molecule has 0 radical (unpaired) electrons. The summed E-state index contributed by atoms with van der Waals surface area (Å²) in [5.41, 5.74) is 6.91. The lowest BCUT2D eigenvalue weighted by Gasteiger charge is -2.43. The summed E-state index contributed by atoms with van der Waals surface area (Å²) in [5, 5.41) is 12.5. The van der Waals surface area contributed by atoms with Gasteiger partial charge in [-0.25, -0.2) is 0 Å². The molecule has 4 aromatic rings. The fourth-order valence-corrected chi connectivity index (χ4v) is 11.3. The van der Waals surface area contributed by atoms with Crippen molar-refractivity contribution in [2.24, 2.45) is 22.7 Å². The molecule has 4 aromatic carbocycles. The Hall–Kier alpha value is -6.67. The van der Waals surface area contributed by atoms with Crippen LogP contribution < -0.4 is 21.3 Å². The number of ketones is 1. The summed E-state index contributed by atoms with van der Waals surface area (Å²) < 4.78 is 0. The van der Waals surface area contributed by atoms with Gasteiger partial charge in [-0.3, -0.25) is 33.6 Å². The van der Waals surface area contributed by atoms with Gasteiger partial charge in [-0.1, -0.05) is 122 Å². The molecule has 8 atom stereocenters. The van der Waals surface area contributed by atoms with Crippen molar-refractivity contribution in [2.45, 2.75) is 170 Å². The lowest BCUT2D eigenvalue weighted by Crippen LogP contribution is -2.60. The molecule has 1 fully saturated rings. The number of carbonyl (C=O) groups is 7. The maximum absolute atomic E-state index is 15.1. The van der Waals surface area contributed by atoms with E-state index in [2.05, 4.69) is 33.4 Å². The van der Waals surface area contributed by atoms with Gasteiger partial charge in [0.15, 0.2) is 0 Å². The van der Waals surface area contributed by atoms with Gasteiger partial charge in [0.05, 0.1) is 18.1 Å². The van der Waals surface area contributed by atoms with Crippen molar-refractivity contribution in [1.29, 1.82) is 0 Å². The molecule has 2 heterocycles. The number of hydrogen-bond donors (Lipinski definition) is 4. The number of hydrogen-bond acceptors (Lipinski definition) is 8. The molecule has 0 bridgehead atoms. The van der Waals surface area contributed by atoms with E-state index in [1.807, 2.05) is 129 Å². The molecule has 14 nitrogen and oxygen atoms in total. The van der Waals surface area contributed by atoms with Crippen molar-refractivity contribution in [3.05, 3.63) is 141 Å². The number of nitrogens with zero attached hydrogens (tertiary/aromatic N) is 3. The van der Waals surface area contributed by atoms with Gasteiger partial charge in [-0.15, -0.1) is 0 Å². The fraction of sp³-hybridized carbons (Fsp3) is 0.516. The van der Waals surface area contributed by atoms with E-state index in [1.165, 1.54) is 5.56 Å². The first-order chi connectivity index (χ1) is 36.9. The number of fused-ring (bicyclic) bond motifs is 2. The monoisotopic (exact) mass is 1060 g/mol. The Morgan fingerprint density at radius 2 is 1.40 bits per heavy atom. The van der Waals surface area contributed by atoms with Crippen LogP contribution in [0.15, 0.2) is 91.0 Å². The maximum Gasteiger partial charge on any atom is 0.254 e. The standard InChI is InChI=1S/C64H85N7O7/c1-13-39(2)57(73)68-56(64(9,10)11)62(78)70-36-48-23-15-14-22-46(48)32-50(70)38-69(35-47-25-18-20-40(3)41(47)4)60(76)45-30-28-44(29-31-45)58(74)66-49-33-54(59(75)67-53-27-19-24-43-21-16-17-26-51(43)53)71(37-49)61(77)52(63(6,7)8)34-55(72)42(5)65-12/h14-18,20-23,25-26,28-31,39,42,49-50,52-54,56,65H,13,19,24,27,32-38H2,1-12H3,(H,66,74)(H,67,75)(H,68,73)/t39-,42+,49+,50+,52-,53-,54+,56-/m1/s1. The van der Waals surface area contributed by atoms with E-state index in [9.17, 15) is 28.8 Å². The Balaban J connectivity index is 1.14. The maximum atomic E-state index is 15.1. The number of likely N-dealkylation sites (N-methyl/N-ethyl adjacent to an activating group) is 1. The van der Waals surface area contributed by atoms with Crippen LogP contribution in [-0.4, -0.2) is 106 Å². The summed E-state index contributed by atoms with van der Waals surface area (Å²) in [6.07, 6.45) is 3.90. The van der Waals surface area contributed by atoms with Crippen molar-refractivity contribution in [2.75, 3.05) is 20.1 Å². The Labute approximate surface area is 463 Å². The van der Waals surface area contributed by atoms with Crippen molar-refractivity contribution in [1.82, 2.24) is 36.0 Å². The molecule has 418 valence electrons. The van der Waals surface area contributed by atoms with Crippen LogP contribution in [-0.2, 0) is 49.9 Å². The van der Waals surface area contributed by atoms with Gasteiger partial charge in [0.1, 0.15) is 17.9 Å². The van der Waals surface area contributed by atoms with E-state index in [0.717, 1.165) is 52.6 Å². The molecular formula is C64H85N7O7. The van der Waals surface area contributed by atoms with Crippen LogP contribution in [0.3, 0.4) is 0 Å². The van der Waals surface area contributed by atoms with Crippen LogP contribution in [0.2, 0.25) is 0 Å². The number of aryl methyl sites for hydroxylation is 2. The van der Waals surface area contributed by atoms with Gasteiger partial charge in [0.2, 0.25) is 23.6 Å². The highest BCUT2D eigenvalue weighted by Crippen LogP contribution is 2.36. The van der Waals surface area contributed by atoms with Crippen molar-refractivity contribution < 1.29 is 33.6 Å². The van der Waals surface area contributed by atoms with Gasteiger partial charge in [0.25, 0.3) is 11.8 Å². The quantitative estimate of drug-likeness (QED) is 0.0766. The predicted octanol–water partition coefficient (Wildman–Crippen LogP) is 8.60. The largest absolute Gasteiger partial charge is 0.347 e. The molecule has 14 heteroatoms. The first-order valence-corrected chi connectivity index (χ1v) is 28.2. The van der Waals surface area contributed by atoms with Crippen molar-refractivity contribution in [3.63, 3.8) is 0 Å². The van der Waals surface area contributed by atoms with Crippen LogP contribution in [0.1, 0.15) is 160 Å². The molecule has 78 heavy (non-hydrogen) atoms. The SMILES string of the molecule is CC[C@@H](C)C(=O)N[C@H](C(=O)N1Cc2ccccc2C[C@H]1CN(Cc1cccc(C)c1C)C(=O)c1ccc(C(=O)N[C@H]2C[C@@H](C(=O)N[C@@H]3CCCc4ccccc43)N(C(=O)[C@@H](CC(=O)[C@H](C)NC)C(C)(C)C)C2)cc1)C(C)(C)C. The van der Waals surface area contributed by atoms with Gasteiger partial charge in [0, 0.05) is 61.6 Å². The minimum Gasteiger partial charge on any atom is -0.347 e.